The second-order valence-corrected chi connectivity index (χ2v) is 4.38. The lowest BCUT2D eigenvalue weighted by Gasteiger charge is -2.09. The van der Waals surface area contributed by atoms with Crippen molar-refractivity contribution in [2.75, 3.05) is 0 Å². The summed E-state index contributed by atoms with van der Waals surface area (Å²) < 4.78 is 0. The first-order valence-electron chi connectivity index (χ1n) is 3.40. The van der Waals surface area contributed by atoms with E-state index in [2.05, 4.69) is 0 Å². The molecule has 0 saturated heterocycles. The molecule has 0 amide bonds. The molecule has 0 bridgehead atoms. The molecule has 0 aliphatic rings. The number of carbonyl (C=O) groups excluding carboxylic acids is 1. The average Bonchev–Trinajstić information content (AvgIpc) is 2.11. The molecular weight excluding hydrogens is 289 g/mol. The molecule has 0 saturated carbocycles. The number of hydrogen-bond acceptors (Lipinski definition) is 1. The minimum atomic E-state index is -0.788. The quantitative estimate of drug-likeness (QED) is 0.526. The Morgan fingerprint density at radius 2 is 1.29 bits per heavy atom. The zero-order valence-corrected chi connectivity index (χ0v) is 10.6. The van der Waals surface area contributed by atoms with E-state index in [1.807, 2.05) is 0 Å². The van der Waals surface area contributed by atoms with E-state index in [-0.39, 0.29) is 25.7 Å². The molecule has 0 radical (unpaired) electrons. The van der Waals surface area contributed by atoms with Gasteiger partial charge >= 0.3 is 0 Å². The molecule has 0 aromatic heterocycles. The van der Waals surface area contributed by atoms with Gasteiger partial charge in [0.25, 0.3) is 5.24 Å². The van der Waals surface area contributed by atoms with Gasteiger partial charge in [-0.1, -0.05) is 46.4 Å². The summed E-state index contributed by atoms with van der Waals surface area (Å²) in [6, 6.07) is 0. The highest BCUT2D eigenvalue weighted by atomic mass is 35.5. The van der Waals surface area contributed by atoms with Gasteiger partial charge in [-0.15, -0.1) is 0 Å². The van der Waals surface area contributed by atoms with E-state index in [9.17, 15) is 4.79 Å². The van der Waals surface area contributed by atoms with E-state index in [4.69, 9.17) is 58.0 Å². The topological polar surface area (TPSA) is 17.1 Å². The van der Waals surface area contributed by atoms with Gasteiger partial charge in [0.05, 0.1) is 25.7 Å². The molecule has 0 heterocycles. The predicted octanol–water partition coefficient (Wildman–Crippen LogP) is 4.99. The van der Waals surface area contributed by atoms with Gasteiger partial charge in [0, 0.05) is 0 Å². The molecule has 6 heteroatoms. The summed E-state index contributed by atoms with van der Waals surface area (Å²) in [5, 5.41) is -0.365. The third-order valence-corrected chi connectivity index (χ3v) is 3.76. The fraction of sp³-hybridized carbons (Fsp3) is 0.125. The van der Waals surface area contributed by atoms with E-state index in [0.29, 0.717) is 5.56 Å². The second kappa shape index (κ2) is 4.46. The fourth-order valence-corrected chi connectivity index (χ4v) is 2.32. The molecule has 1 nitrogen and oxygen atoms in total. The summed E-state index contributed by atoms with van der Waals surface area (Å²) in [6.45, 7) is 1.64. The highest BCUT2D eigenvalue weighted by Gasteiger charge is 2.21. The molecule has 1 aromatic carbocycles. The van der Waals surface area contributed by atoms with Gasteiger partial charge in [0.15, 0.2) is 0 Å². The molecule has 0 N–H and O–H groups in total. The van der Waals surface area contributed by atoms with Crippen LogP contribution in [0.1, 0.15) is 15.9 Å². The van der Waals surface area contributed by atoms with E-state index in [1.54, 1.807) is 6.92 Å². The van der Waals surface area contributed by atoms with Crippen LogP contribution in [0.2, 0.25) is 20.1 Å². The highest BCUT2D eigenvalue weighted by Crippen LogP contribution is 2.41. The van der Waals surface area contributed by atoms with Crippen LogP contribution in [0.25, 0.3) is 0 Å². The molecule has 1 aromatic rings. The molecule has 76 valence electrons. The van der Waals surface area contributed by atoms with Gasteiger partial charge in [0.1, 0.15) is 0 Å². The smallest absolute Gasteiger partial charge is 0.255 e. The molecule has 0 unspecified atom stereocenters. The predicted molar refractivity (Wildman–Crippen MR) is 61.4 cm³/mol. The Morgan fingerprint density at radius 1 is 0.929 bits per heavy atom. The summed E-state index contributed by atoms with van der Waals surface area (Å²) in [4.78, 5) is 11.0. The second-order valence-electron chi connectivity index (χ2n) is 2.53. The SMILES string of the molecule is Cc1c(Cl)c(Cl)c(C(=O)Cl)c(Cl)c1Cl. The van der Waals surface area contributed by atoms with Crippen molar-refractivity contribution >= 4 is 63.2 Å². The molecule has 0 atom stereocenters. The minimum absolute atomic E-state index is 0.0265. The normalized spacial score (nSPS) is 10.4. The minimum Gasteiger partial charge on any atom is -0.275 e. The standard InChI is InChI=1S/C8H3Cl5O/c1-2-4(9)6(11)3(8(13)14)7(12)5(2)10/h1H3. The Kier molecular flexibility index (Phi) is 3.95. The maximum absolute atomic E-state index is 11.0. The molecule has 0 aliphatic heterocycles. The molecule has 1 rings (SSSR count). The maximum Gasteiger partial charge on any atom is 0.255 e. The first-order valence-corrected chi connectivity index (χ1v) is 5.29. The van der Waals surface area contributed by atoms with E-state index < -0.39 is 5.24 Å². The Bertz CT molecular complexity index is 384. The van der Waals surface area contributed by atoms with E-state index >= 15 is 0 Å². The van der Waals surface area contributed by atoms with E-state index in [0.717, 1.165) is 0 Å². The Hall–Kier alpha value is 0.340. The van der Waals surface area contributed by atoms with Crippen LogP contribution in [-0.2, 0) is 0 Å². The number of hydrogen-bond donors (Lipinski definition) is 0. The van der Waals surface area contributed by atoms with Gasteiger partial charge < -0.3 is 0 Å². The summed E-state index contributed by atoms with van der Waals surface area (Å²) >= 11 is 28.5. The molecular formula is C8H3Cl5O. The van der Waals surface area contributed by atoms with Gasteiger partial charge in [-0.25, -0.2) is 0 Å². The Morgan fingerprint density at radius 3 is 1.57 bits per heavy atom. The third kappa shape index (κ3) is 1.98. The van der Waals surface area contributed by atoms with Crippen molar-refractivity contribution in [3.05, 3.63) is 31.2 Å². The van der Waals surface area contributed by atoms with Gasteiger partial charge in [0.2, 0.25) is 0 Å². The van der Waals surface area contributed by atoms with Crippen LogP contribution >= 0.6 is 58.0 Å². The van der Waals surface area contributed by atoms with Crippen LogP contribution < -0.4 is 0 Å². The molecule has 0 fully saturated rings. The van der Waals surface area contributed by atoms with Crippen molar-refractivity contribution in [3.8, 4) is 0 Å². The third-order valence-electron chi connectivity index (χ3n) is 1.68. The van der Waals surface area contributed by atoms with Crippen LogP contribution in [0.15, 0.2) is 0 Å². The summed E-state index contributed by atoms with van der Waals surface area (Å²) in [7, 11) is 0. The summed E-state index contributed by atoms with van der Waals surface area (Å²) in [5.74, 6) is 0. The monoisotopic (exact) mass is 290 g/mol. The zero-order valence-electron chi connectivity index (χ0n) is 6.80. The molecule has 0 aliphatic carbocycles. The number of halogens is 5. The van der Waals surface area contributed by atoms with Crippen molar-refractivity contribution in [3.63, 3.8) is 0 Å². The summed E-state index contributed by atoms with van der Waals surface area (Å²) in [5.41, 5.74) is 0.459. The first kappa shape index (κ1) is 12.4. The van der Waals surface area contributed by atoms with E-state index in [1.165, 1.54) is 0 Å². The van der Waals surface area contributed by atoms with Gasteiger partial charge in [-0.3, -0.25) is 4.79 Å². The van der Waals surface area contributed by atoms with Crippen LogP contribution in [0.5, 0.6) is 0 Å². The highest BCUT2D eigenvalue weighted by molar-refractivity contribution is 6.70. The van der Waals surface area contributed by atoms with Crippen molar-refractivity contribution in [1.29, 1.82) is 0 Å². The van der Waals surface area contributed by atoms with Crippen LogP contribution in [0.3, 0.4) is 0 Å². The largest absolute Gasteiger partial charge is 0.275 e. The zero-order chi connectivity index (χ0) is 11.0. The Balaban J connectivity index is 3.68. The molecule has 14 heavy (non-hydrogen) atoms. The van der Waals surface area contributed by atoms with Crippen molar-refractivity contribution < 1.29 is 4.79 Å². The number of carbonyl (C=O) groups is 1. The average molecular weight is 292 g/mol. The van der Waals surface area contributed by atoms with Crippen molar-refractivity contribution in [2.45, 2.75) is 6.92 Å². The summed E-state index contributed by atoms with van der Waals surface area (Å²) in [6.07, 6.45) is 0. The first-order chi connectivity index (χ1) is 6.37. The van der Waals surface area contributed by atoms with Gasteiger partial charge in [-0.05, 0) is 24.1 Å². The lowest BCUT2D eigenvalue weighted by molar-refractivity contribution is 0.108. The number of rotatable bonds is 1. The lowest BCUT2D eigenvalue weighted by atomic mass is 10.1. The molecule has 0 spiro atoms. The Labute approximate surface area is 106 Å². The van der Waals surface area contributed by atoms with Crippen molar-refractivity contribution in [1.82, 2.24) is 0 Å². The fourth-order valence-electron chi connectivity index (χ4n) is 0.914. The van der Waals surface area contributed by atoms with Crippen molar-refractivity contribution in [2.24, 2.45) is 0 Å². The lowest BCUT2D eigenvalue weighted by Crippen LogP contribution is -1.96. The van der Waals surface area contributed by atoms with Crippen LogP contribution in [0.4, 0.5) is 0 Å². The van der Waals surface area contributed by atoms with Gasteiger partial charge in [-0.2, -0.15) is 0 Å². The van der Waals surface area contributed by atoms with Crippen LogP contribution in [-0.4, -0.2) is 5.24 Å². The maximum atomic E-state index is 11.0. The van der Waals surface area contributed by atoms with Crippen LogP contribution in [0, 0.1) is 6.92 Å². The number of benzene rings is 1.